The van der Waals surface area contributed by atoms with Crippen LogP contribution in [0.3, 0.4) is 0 Å². The van der Waals surface area contributed by atoms with E-state index in [1.807, 2.05) is 5.32 Å². The summed E-state index contributed by atoms with van der Waals surface area (Å²) in [6, 6.07) is -8.42. The molecule has 26 heteroatoms. The van der Waals surface area contributed by atoms with E-state index in [1.54, 1.807) is 0 Å². The first-order valence-electron chi connectivity index (χ1n) is 16.9. The van der Waals surface area contributed by atoms with Gasteiger partial charge in [0, 0.05) is 17.9 Å². The molecular formula is C30H47N9O17. The third-order valence-corrected chi connectivity index (χ3v) is 8.07. The quantitative estimate of drug-likeness (QED) is 0.0260. The number of hydrogen-bond donors (Lipinski definition) is 13. The van der Waals surface area contributed by atoms with Crippen molar-refractivity contribution in [3.8, 4) is 0 Å². The minimum Gasteiger partial charge on any atom is -0.481 e. The topological polar surface area (TPSA) is 425 Å². The van der Waals surface area contributed by atoms with E-state index in [1.165, 1.54) is 20.8 Å². The van der Waals surface area contributed by atoms with Crippen LogP contribution in [-0.2, 0) is 47.9 Å². The smallest absolute Gasteiger partial charge is 0.305 e. The number of nitrogens with zero attached hydrogens (tertiary/aromatic N) is 3. The molecule has 1 rings (SSSR count). The molecular weight excluding hydrogens is 758 g/mol. The van der Waals surface area contributed by atoms with E-state index in [0.717, 1.165) is 0 Å². The largest absolute Gasteiger partial charge is 0.481 e. The summed E-state index contributed by atoms with van der Waals surface area (Å²) >= 11 is 0. The first kappa shape index (κ1) is 48.4. The van der Waals surface area contributed by atoms with Crippen molar-refractivity contribution in [1.29, 1.82) is 0 Å². The third-order valence-electron chi connectivity index (χ3n) is 8.07. The highest BCUT2D eigenvalue weighted by molar-refractivity contribution is 5.98. The maximum atomic E-state index is 13.4. The van der Waals surface area contributed by atoms with Crippen LogP contribution in [0.4, 0.5) is 0 Å². The molecule has 1 aliphatic heterocycles. The Labute approximate surface area is 317 Å². The Bertz CT molecular complexity index is 1510. The van der Waals surface area contributed by atoms with Crippen LogP contribution < -0.4 is 31.9 Å². The lowest BCUT2D eigenvalue weighted by atomic mass is 9.95. The number of amides is 6. The highest BCUT2D eigenvalue weighted by Crippen LogP contribution is 2.20. The van der Waals surface area contributed by atoms with E-state index < -0.39 is 165 Å². The number of carboxylic acids is 3. The van der Waals surface area contributed by atoms with Gasteiger partial charge in [-0.25, -0.2) is 0 Å². The van der Waals surface area contributed by atoms with E-state index in [9.17, 15) is 78.9 Å². The summed E-state index contributed by atoms with van der Waals surface area (Å²) in [6.07, 6.45) is -11.0. The van der Waals surface area contributed by atoms with Crippen LogP contribution in [0.5, 0.6) is 0 Å². The Morgan fingerprint density at radius 3 is 1.71 bits per heavy atom. The summed E-state index contributed by atoms with van der Waals surface area (Å²) in [5.74, 6) is -12.1. The van der Waals surface area contributed by atoms with Crippen LogP contribution in [0.15, 0.2) is 5.11 Å². The van der Waals surface area contributed by atoms with Crippen molar-refractivity contribution in [3.05, 3.63) is 10.4 Å². The lowest BCUT2D eigenvalue weighted by Crippen LogP contribution is -2.62. The summed E-state index contributed by atoms with van der Waals surface area (Å²) in [5, 5.41) is 83.2. The van der Waals surface area contributed by atoms with Crippen LogP contribution in [0.25, 0.3) is 10.4 Å². The molecule has 1 aliphatic rings. The molecule has 10 atom stereocenters. The van der Waals surface area contributed by atoms with Crippen molar-refractivity contribution in [3.63, 3.8) is 0 Å². The van der Waals surface area contributed by atoms with Gasteiger partial charge in [-0.15, -0.1) is 0 Å². The SMILES string of the molecule is CC(C)[C@H](NC(=O)[C@H](CCC(=O)O)NC(=O)[C@H](CC(=O)O)NC(=O)CN=[N+]=[N-])C(=O)N[C@@H](CC(=O)O)C(=O)N[C@@H](C)C(=O)NC[C@@H]1O[C@H](CO)C(O)C(O)[C@@H]1O. The fraction of sp³-hybridized carbons (Fsp3) is 0.700. The predicted octanol–water partition coefficient (Wildman–Crippen LogP) is -5.83. The molecule has 0 bridgehead atoms. The number of hydrogen-bond acceptors (Lipinski definition) is 15. The summed E-state index contributed by atoms with van der Waals surface area (Å²) in [4.78, 5) is 114. The maximum absolute atomic E-state index is 13.4. The fourth-order valence-corrected chi connectivity index (χ4v) is 5.04. The lowest BCUT2D eigenvalue weighted by molar-refractivity contribution is -0.227. The van der Waals surface area contributed by atoms with Crippen molar-refractivity contribution in [1.82, 2.24) is 31.9 Å². The summed E-state index contributed by atoms with van der Waals surface area (Å²) < 4.78 is 5.29. The van der Waals surface area contributed by atoms with E-state index in [4.69, 9.17) is 10.3 Å². The highest BCUT2D eigenvalue weighted by Gasteiger charge is 2.43. The Balaban J connectivity index is 3.11. The first-order chi connectivity index (χ1) is 26.1. The number of azide groups is 1. The van der Waals surface area contributed by atoms with Crippen LogP contribution in [0.2, 0.25) is 0 Å². The van der Waals surface area contributed by atoms with Crippen molar-refractivity contribution in [2.45, 2.75) is 107 Å². The zero-order chi connectivity index (χ0) is 42.9. The summed E-state index contributed by atoms with van der Waals surface area (Å²) in [6.45, 7) is 2.02. The van der Waals surface area contributed by atoms with Gasteiger partial charge in [0.25, 0.3) is 0 Å². The standard InChI is InChI=1S/C30H47N9O17/c1-11(2)22(38-27(52)13(4-5-19(42)43)36-29(54)14(6-20(44)45)35-18(41)9-33-39-31)30(55)37-15(7-21(46)47)28(53)34-12(3)26(51)32-8-16-23(48)25(50)24(49)17(10-40)56-16/h11-17,22-25,40,48-50H,4-10H2,1-3H3,(H,32,51)(H,34,53)(H,35,41)(H,36,54)(H,37,55)(H,38,52)(H,42,43)(H,44,45)(H,46,47)/t12-,13-,14-,15-,16-,17+,22-,23+,24?,25?/m0/s1. The van der Waals surface area contributed by atoms with Crippen LogP contribution in [0.1, 0.15) is 46.5 Å². The van der Waals surface area contributed by atoms with Gasteiger partial charge in [-0.3, -0.25) is 43.2 Å². The molecule has 314 valence electrons. The minimum atomic E-state index is -1.85. The number of carbonyl (C=O) groups is 9. The van der Waals surface area contributed by atoms with Gasteiger partial charge in [-0.2, -0.15) is 0 Å². The molecule has 0 aliphatic carbocycles. The van der Waals surface area contributed by atoms with Gasteiger partial charge in [-0.05, 0) is 24.8 Å². The molecule has 56 heavy (non-hydrogen) atoms. The van der Waals surface area contributed by atoms with Crippen molar-refractivity contribution >= 4 is 53.4 Å². The van der Waals surface area contributed by atoms with E-state index >= 15 is 0 Å². The Morgan fingerprint density at radius 2 is 1.20 bits per heavy atom. The normalized spacial score (nSPS) is 21.7. The van der Waals surface area contributed by atoms with Gasteiger partial charge in [0.05, 0.1) is 19.4 Å². The zero-order valence-corrected chi connectivity index (χ0v) is 30.4. The van der Waals surface area contributed by atoms with Crippen molar-refractivity contribution in [2.75, 3.05) is 19.7 Å². The molecule has 1 fully saturated rings. The second-order valence-corrected chi connectivity index (χ2v) is 12.8. The number of carbonyl (C=O) groups excluding carboxylic acids is 6. The Hall–Kier alpha value is -5.66. The van der Waals surface area contributed by atoms with Crippen LogP contribution in [-0.4, -0.2) is 170 Å². The molecule has 0 aromatic rings. The van der Waals surface area contributed by atoms with E-state index in [-0.39, 0.29) is 0 Å². The van der Waals surface area contributed by atoms with Crippen LogP contribution >= 0.6 is 0 Å². The number of aliphatic hydroxyl groups excluding tert-OH is 4. The number of aliphatic hydroxyl groups is 4. The lowest BCUT2D eigenvalue weighted by Gasteiger charge is -2.40. The van der Waals surface area contributed by atoms with E-state index in [2.05, 4.69) is 36.6 Å². The first-order valence-corrected chi connectivity index (χ1v) is 16.9. The van der Waals surface area contributed by atoms with Gasteiger partial charge in [-0.1, -0.05) is 19.0 Å². The van der Waals surface area contributed by atoms with Gasteiger partial charge in [0.1, 0.15) is 67.3 Å². The molecule has 1 heterocycles. The molecule has 0 saturated carbocycles. The number of aliphatic carboxylic acids is 3. The highest BCUT2D eigenvalue weighted by atomic mass is 16.5. The molecule has 1 saturated heterocycles. The van der Waals surface area contributed by atoms with Gasteiger partial charge in [0.2, 0.25) is 35.4 Å². The molecule has 6 amide bonds. The summed E-state index contributed by atoms with van der Waals surface area (Å²) in [7, 11) is 0. The van der Waals surface area contributed by atoms with Crippen LogP contribution in [0, 0.1) is 5.92 Å². The number of rotatable bonds is 23. The molecule has 0 aromatic heterocycles. The Kier molecular flexibility index (Phi) is 20.1. The average molecular weight is 806 g/mol. The van der Waals surface area contributed by atoms with Gasteiger partial charge >= 0.3 is 17.9 Å². The van der Waals surface area contributed by atoms with Crippen molar-refractivity contribution < 1.29 is 83.6 Å². The number of nitrogens with one attached hydrogen (secondary N) is 6. The van der Waals surface area contributed by atoms with Gasteiger partial charge < -0.3 is 72.4 Å². The predicted molar refractivity (Wildman–Crippen MR) is 182 cm³/mol. The number of carboxylic acid groups (broad SMARTS) is 3. The number of ether oxygens (including phenoxy) is 1. The van der Waals surface area contributed by atoms with E-state index in [0.29, 0.717) is 0 Å². The third kappa shape index (κ3) is 16.0. The molecule has 13 N–H and O–H groups in total. The van der Waals surface area contributed by atoms with Gasteiger partial charge in [0.15, 0.2) is 0 Å². The second-order valence-electron chi connectivity index (χ2n) is 12.8. The zero-order valence-electron chi connectivity index (χ0n) is 30.4. The Morgan fingerprint density at radius 1 is 0.679 bits per heavy atom. The molecule has 0 radical (unpaired) electrons. The molecule has 0 aromatic carbocycles. The monoisotopic (exact) mass is 805 g/mol. The fourth-order valence-electron chi connectivity index (χ4n) is 5.04. The molecule has 2 unspecified atom stereocenters. The average Bonchev–Trinajstić information content (AvgIpc) is 3.11. The van der Waals surface area contributed by atoms with Crippen molar-refractivity contribution in [2.24, 2.45) is 11.0 Å². The minimum absolute atomic E-state index is 0.467. The molecule has 26 nitrogen and oxygen atoms in total. The summed E-state index contributed by atoms with van der Waals surface area (Å²) in [5.41, 5.74) is 8.39. The second kappa shape index (κ2) is 23.3. The molecule has 0 spiro atoms. The maximum Gasteiger partial charge on any atom is 0.305 e.